The number of epoxide rings is 1. The van der Waals surface area contributed by atoms with Crippen LogP contribution in [0.4, 0.5) is 0 Å². The fraction of sp³-hybridized carbons (Fsp3) is 0.895. The summed E-state index contributed by atoms with van der Waals surface area (Å²) >= 11 is 0. The molecule has 1 rings (SSSR count). The average molecular weight is 280 g/mol. The number of unbranched alkanes of at least 4 members (excludes halogenated alkanes) is 5. The van der Waals surface area contributed by atoms with Crippen LogP contribution in [0.25, 0.3) is 0 Å². The standard InChI is InChI=1S/C19H36O/c1-4-5-6-7-8-9-10-11-15-18-19(20-18)16-13-12-14-17(2)3/h5-6,17-19H,4,7-16H2,1-3H3/b6-5-. The molecule has 0 N–H and O–H groups in total. The zero-order valence-electron chi connectivity index (χ0n) is 14.1. The predicted molar refractivity (Wildman–Crippen MR) is 89.1 cm³/mol. The molecule has 0 aromatic rings. The molecule has 0 saturated carbocycles. The van der Waals surface area contributed by atoms with E-state index in [-0.39, 0.29) is 0 Å². The maximum absolute atomic E-state index is 5.77. The minimum Gasteiger partial charge on any atom is -0.370 e. The smallest absolute Gasteiger partial charge is 0.0841 e. The van der Waals surface area contributed by atoms with Gasteiger partial charge in [0.05, 0.1) is 12.2 Å². The fourth-order valence-electron chi connectivity index (χ4n) is 2.83. The second kappa shape index (κ2) is 11.4. The summed E-state index contributed by atoms with van der Waals surface area (Å²) in [6.45, 7) is 6.83. The van der Waals surface area contributed by atoms with Crippen molar-refractivity contribution in [2.45, 2.75) is 104 Å². The Kier molecular flexibility index (Phi) is 10.1. The Labute approximate surface area is 127 Å². The van der Waals surface area contributed by atoms with E-state index in [1.54, 1.807) is 0 Å². The second-order valence-electron chi connectivity index (χ2n) is 6.76. The predicted octanol–water partition coefficient (Wildman–Crippen LogP) is 6.28. The molecule has 2 atom stereocenters. The van der Waals surface area contributed by atoms with Crippen molar-refractivity contribution in [2.75, 3.05) is 0 Å². The molecule has 20 heavy (non-hydrogen) atoms. The van der Waals surface area contributed by atoms with Gasteiger partial charge in [-0.25, -0.2) is 0 Å². The largest absolute Gasteiger partial charge is 0.370 e. The van der Waals surface area contributed by atoms with E-state index in [0.29, 0.717) is 12.2 Å². The SMILES string of the molecule is CC/C=C\CCCCCCC1OC1CCCCC(C)C. The third-order valence-corrected chi connectivity index (χ3v) is 4.22. The molecule has 0 aromatic carbocycles. The molecule has 0 amide bonds. The monoisotopic (exact) mass is 280 g/mol. The van der Waals surface area contributed by atoms with Crippen LogP contribution >= 0.6 is 0 Å². The molecule has 118 valence electrons. The Morgan fingerprint density at radius 1 is 0.850 bits per heavy atom. The van der Waals surface area contributed by atoms with E-state index in [0.717, 1.165) is 5.92 Å². The number of allylic oxidation sites excluding steroid dienone is 2. The van der Waals surface area contributed by atoms with Gasteiger partial charge in [0.2, 0.25) is 0 Å². The van der Waals surface area contributed by atoms with E-state index in [4.69, 9.17) is 4.74 Å². The molecule has 1 heterocycles. The molecule has 1 aliphatic heterocycles. The summed E-state index contributed by atoms with van der Waals surface area (Å²) < 4.78 is 5.77. The summed E-state index contributed by atoms with van der Waals surface area (Å²) in [5.41, 5.74) is 0. The normalized spacial score (nSPS) is 22.0. The Balaban J connectivity index is 1.80. The molecule has 0 aromatic heterocycles. The highest BCUT2D eigenvalue weighted by molar-refractivity contribution is 4.84. The van der Waals surface area contributed by atoms with Crippen molar-refractivity contribution in [3.8, 4) is 0 Å². The van der Waals surface area contributed by atoms with E-state index < -0.39 is 0 Å². The molecular formula is C19H36O. The highest BCUT2D eigenvalue weighted by Crippen LogP contribution is 2.31. The molecule has 0 bridgehead atoms. The van der Waals surface area contributed by atoms with Gasteiger partial charge in [-0.1, -0.05) is 71.4 Å². The van der Waals surface area contributed by atoms with E-state index in [2.05, 4.69) is 32.9 Å². The van der Waals surface area contributed by atoms with E-state index >= 15 is 0 Å². The maximum atomic E-state index is 5.77. The zero-order chi connectivity index (χ0) is 14.6. The van der Waals surface area contributed by atoms with E-state index in [9.17, 15) is 0 Å². The molecule has 0 radical (unpaired) electrons. The first-order valence-corrected chi connectivity index (χ1v) is 9.04. The topological polar surface area (TPSA) is 12.5 Å². The summed E-state index contributed by atoms with van der Waals surface area (Å²) in [5, 5.41) is 0. The van der Waals surface area contributed by atoms with Gasteiger partial charge in [-0.3, -0.25) is 0 Å². The van der Waals surface area contributed by atoms with Gasteiger partial charge in [0.25, 0.3) is 0 Å². The van der Waals surface area contributed by atoms with Crippen molar-refractivity contribution in [1.29, 1.82) is 0 Å². The van der Waals surface area contributed by atoms with Crippen LogP contribution in [0.3, 0.4) is 0 Å². The third-order valence-electron chi connectivity index (χ3n) is 4.22. The van der Waals surface area contributed by atoms with Crippen molar-refractivity contribution in [3.63, 3.8) is 0 Å². The van der Waals surface area contributed by atoms with Crippen LogP contribution in [0.15, 0.2) is 12.2 Å². The van der Waals surface area contributed by atoms with Crippen LogP contribution in [-0.4, -0.2) is 12.2 Å². The Morgan fingerprint density at radius 2 is 1.50 bits per heavy atom. The van der Waals surface area contributed by atoms with Crippen molar-refractivity contribution in [2.24, 2.45) is 5.92 Å². The quantitative estimate of drug-likeness (QED) is 0.220. The summed E-state index contributed by atoms with van der Waals surface area (Å²) in [5.74, 6) is 0.859. The van der Waals surface area contributed by atoms with Gasteiger partial charge in [0, 0.05) is 0 Å². The fourth-order valence-corrected chi connectivity index (χ4v) is 2.83. The summed E-state index contributed by atoms with van der Waals surface area (Å²) in [6, 6.07) is 0. The molecule has 1 saturated heterocycles. The molecule has 1 nitrogen and oxygen atoms in total. The van der Waals surface area contributed by atoms with Crippen LogP contribution in [0.1, 0.15) is 91.4 Å². The lowest BCUT2D eigenvalue weighted by Crippen LogP contribution is -1.95. The van der Waals surface area contributed by atoms with Crippen LogP contribution in [-0.2, 0) is 4.74 Å². The average Bonchev–Trinajstić information content (AvgIpc) is 3.16. The maximum Gasteiger partial charge on any atom is 0.0841 e. The third kappa shape index (κ3) is 9.58. The van der Waals surface area contributed by atoms with Gasteiger partial charge < -0.3 is 4.74 Å². The summed E-state index contributed by atoms with van der Waals surface area (Å²) in [6.07, 6.45) is 20.5. The number of rotatable bonds is 13. The minimum atomic E-state index is 0.619. The molecule has 1 aliphatic rings. The van der Waals surface area contributed by atoms with Crippen LogP contribution in [0, 0.1) is 5.92 Å². The van der Waals surface area contributed by atoms with Gasteiger partial charge in [-0.2, -0.15) is 0 Å². The van der Waals surface area contributed by atoms with Gasteiger partial charge >= 0.3 is 0 Å². The number of hydrogen-bond donors (Lipinski definition) is 0. The highest BCUT2D eigenvalue weighted by atomic mass is 16.6. The molecule has 1 fully saturated rings. The van der Waals surface area contributed by atoms with Gasteiger partial charge in [-0.15, -0.1) is 0 Å². The Morgan fingerprint density at radius 3 is 2.15 bits per heavy atom. The highest BCUT2D eigenvalue weighted by Gasteiger charge is 2.36. The lowest BCUT2D eigenvalue weighted by Gasteiger charge is -2.02. The first-order valence-electron chi connectivity index (χ1n) is 9.04. The lowest BCUT2D eigenvalue weighted by molar-refractivity contribution is 0.346. The van der Waals surface area contributed by atoms with Crippen molar-refractivity contribution in [1.82, 2.24) is 0 Å². The molecule has 0 aliphatic carbocycles. The molecule has 2 unspecified atom stereocenters. The van der Waals surface area contributed by atoms with Crippen molar-refractivity contribution in [3.05, 3.63) is 12.2 Å². The number of hydrogen-bond acceptors (Lipinski definition) is 1. The zero-order valence-corrected chi connectivity index (χ0v) is 14.1. The first-order chi connectivity index (χ1) is 9.74. The Bertz CT molecular complexity index is 244. The second-order valence-corrected chi connectivity index (χ2v) is 6.76. The molecular weight excluding hydrogens is 244 g/mol. The summed E-state index contributed by atoms with van der Waals surface area (Å²) in [7, 11) is 0. The van der Waals surface area contributed by atoms with Crippen LogP contribution in [0.2, 0.25) is 0 Å². The van der Waals surface area contributed by atoms with Crippen LogP contribution in [0.5, 0.6) is 0 Å². The first kappa shape index (κ1) is 17.8. The minimum absolute atomic E-state index is 0.619. The van der Waals surface area contributed by atoms with Crippen molar-refractivity contribution < 1.29 is 4.74 Å². The Hall–Kier alpha value is -0.300. The van der Waals surface area contributed by atoms with E-state index in [1.807, 2.05) is 0 Å². The van der Waals surface area contributed by atoms with Gasteiger partial charge in [0.15, 0.2) is 0 Å². The lowest BCUT2D eigenvalue weighted by atomic mass is 10.0. The molecule has 1 heteroatoms. The number of ether oxygens (including phenoxy) is 1. The summed E-state index contributed by atoms with van der Waals surface area (Å²) in [4.78, 5) is 0. The van der Waals surface area contributed by atoms with Crippen molar-refractivity contribution >= 4 is 0 Å². The van der Waals surface area contributed by atoms with Gasteiger partial charge in [-0.05, 0) is 38.0 Å². The van der Waals surface area contributed by atoms with Crippen LogP contribution < -0.4 is 0 Å². The van der Waals surface area contributed by atoms with E-state index in [1.165, 1.54) is 70.6 Å². The van der Waals surface area contributed by atoms with Gasteiger partial charge in [0.1, 0.15) is 0 Å². The molecule has 0 spiro atoms.